The van der Waals surface area contributed by atoms with Crippen LogP contribution in [0.5, 0.6) is 0 Å². The minimum Gasteiger partial charge on any atom is -0.481 e. The first-order valence-electron chi connectivity index (χ1n) is 8.95. The van der Waals surface area contributed by atoms with Crippen molar-refractivity contribution in [3.05, 3.63) is 0 Å². The van der Waals surface area contributed by atoms with Crippen molar-refractivity contribution in [2.24, 2.45) is 5.73 Å². The first-order valence-corrected chi connectivity index (χ1v) is 9.58. The molecule has 29 heavy (non-hydrogen) atoms. The van der Waals surface area contributed by atoms with Gasteiger partial charge in [0.1, 0.15) is 24.2 Å². The normalized spacial score (nSPS) is 19.1. The van der Waals surface area contributed by atoms with Gasteiger partial charge in [-0.1, -0.05) is 0 Å². The summed E-state index contributed by atoms with van der Waals surface area (Å²) in [4.78, 5) is 60.1. The highest BCUT2D eigenvalue weighted by molar-refractivity contribution is 7.80. The number of nitrogens with zero attached hydrogens (tertiary/aromatic N) is 1. The molecule has 4 unspecified atom stereocenters. The number of nitrogens with one attached hydrogen (secondary N) is 2. The van der Waals surface area contributed by atoms with E-state index in [1.54, 1.807) is 0 Å². The number of aliphatic hydroxyl groups excluding tert-OH is 1. The molecule has 0 aromatic rings. The molecule has 13 heteroatoms. The molecule has 164 valence electrons. The molecule has 0 aromatic heterocycles. The fourth-order valence-electron chi connectivity index (χ4n) is 2.85. The van der Waals surface area contributed by atoms with Crippen LogP contribution in [0.1, 0.15) is 25.7 Å². The van der Waals surface area contributed by atoms with Crippen molar-refractivity contribution in [1.29, 1.82) is 0 Å². The SMILES string of the molecule is NC(CO)C(=O)N1CCCC1C(=O)NC(CS)C(=O)NC(CCC(=O)O)C(=O)O. The van der Waals surface area contributed by atoms with Crippen LogP contribution in [0, 0.1) is 0 Å². The highest BCUT2D eigenvalue weighted by atomic mass is 32.1. The molecule has 7 N–H and O–H groups in total. The lowest BCUT2D eigenvalue weighted by Gasteiger charge is -2.27. The Kier molecular flexibility index (Phi) is 9.85. The van der Waals surface area contributed by atoms with Gasteiger partial charge < -0.3 is 36.6 Å². The van der Waals surface area contributed by atoms with Crippen LogP contribution in [-0.4, -0.2) is 93.0 Å². The average molecular weight is 434 g/mol. The maximum atomic E-state index is 12.6. The number of carboxylic acids is 2. The van der Waals surface area contributed by atoms with Crippen molar-refractivity contribution in [1.82, 2.24) is 15.5 Å². The van der Waals surface area contributed by atoms with Crippen LogP contribution in [0.3, 0.4) is 0 Å². The van der Waals surface area contributed by atoms with Crippen LogP contribution in [0.25, 0.3) is 0 Å². The van der Waals surface area contributed by atoms with Crippen molar-refractivity contribution < 1.29 is 39.3 Å². The average Bonchev–Trinajstić information content (AvgIpc) is 3.17. The number of nitrogens with two attached hydrogens (primary N) is 1. The number of likely N-dealkylation sites (tertiary alicyclic amines) is 1. The smallest absolute Gasteiger partial charge is 0.326 e. The summed E-state index contributed by atoms with van der Waals surface area (Å²) in [6.45, 7) is -0.295. The number of hydrogen-bond acceptors (Lipinski definition) is 8. The molecule has 1 aliphatic rings. The van der Waals surface area contributed by atoms with Crippen molar-refractivity contribution in [3.8, 4) is 0 Å². The number of carbonyl (C=O) groups excluding carboxylic acids is 3. The minimum atomic E-state index is -1.44. The molecule has 0 radical (unpaired) electrons. The molecule has 0 saturated carbocycles. The van der Waals surface area contributed by atoms with Crippen molar-refractivity contribution in [2.75, 3.05) is 18.9 Å². The number of carboxylic acid groups (broad SMARTS) is 2. The van der Waals surface area contributed by atoms with Crippen LogP contribution in [0.2, 0.25) is 0 Å². The number of thiol groups is 1. The van der Waals surface area contributed by atoms with E-state index < -0.39 is 66.9 Å². The van der Waals surface area contributed by atoms with Gasteiger partial charge in [-0.2, -0.15) is 12.6 Å². The van der Waals surface area contributed by atoms with Gasteiger partial charge in [0.05, 0.1) is 6.61 Å². The fraction of sp³-hybridized carbons (Fsp3) is 0.688. The summed E-state index contributed by atoms with van der Waals surface area (Å²) in [5.74, 6) is -4.83. The first kappa shape index (κ1) is 24.7. The van der Waals surface area contributed by atoms with Crippen LogP contribution in [0.15, 0.2) is 0 Å². The molecular weight excluding hydrogens is 408 g/mol. The Morgan fingerprint density at radius 3 is 2.31 bits per heavy atom. The molecule has 1 fully saturated rings. The maximum Gasteiger partial charge on any atom is 0.326 e. The topological polar surface area (TPSA) is 199 Å². The van der Waals surface area contributed by atoms with Gasteiger partial charge in [0, 0.05) is 18.7 Å². The molecule has 0 spiro atoms. The van der Waals surface area contributed by atoms with Crippen molar-refractivity contribution in [3.63, 3.8) is 0 Å². The number of aliphatic hydroxyl groups is 1. The van der Waals surface area contributed by atoms with E-state index in [0.29, 0.717) is 12.8 Å². The highest BCUT2D eigenvalue weighted by Crippen LogP contribution is 2.18. The summed E-state index contributed by atoms with van der Waals surface area (Å²) >= 11 is 3.99. The molecule has 0 aliphatic carbocycles. The monoisotopic (exact) mass is 434 g/mol. The predicted octanol–water partition coefficient (Wildman–Crippen LogP) is -2.85. The quantitative estimate of drug-likeness (QED) is 0.167. The summed E-state index contributed by atoms with van der Waals surface area (Å²) in [6.07, 6.45) is 0.0932. The zero-order valence-corrected chi connectivity index (χ0v) is 16.5. The standard InChI is InChI=1S/C16H26N4O8S/c17-8(6-21)15(26)20-5-1-2-11(20)14(25)19-10(7-29)13(24)18-9(16(27)28)3-4-12(22)23/h8-11,21,29H,1-7,17H2,(H,18,24)(H,19,25)(H,22,23)(H,27,28). The van der Waals surface area contributed by atoms with E-state index in [1.807, 2.05) is 0 Å². The summed E-state index contributed by atoms with van der Waals surface area (Å²) < 4.78 is 0. The lowest BCUT2D eigenvalue weighted by Crippen LogP contribution is -2.57. The van der Waals surface area contributed by atoms with E-state index in [4.69, 9.17) is 21.1 Å². The zero-order valence-electron chi connectivity index (χ0n) is 15.6. The Bertz CT molecular complexity index is 646. The summed E-state index contributed by atoms with van der Waals surface area (Å²) in [5.41, 5.74) is 5.52. The van der Waals surface area contributed by atoms with E-state index in [1.165, 1.54) is 4.90 Å². The molecule has 0 bridgehead atoms. The van der Waals surface area contributed by atoms with Gasteiger partial charge >= 0.3 is 11.9 Å². The van der Waals surface area contributed by atoms with E-state index >= 15 is 0 Å². The third-order valence-corrected chi connectivity index (χ3v) is 4.79. The third-order valence-electron chi connectivity index (χ3n) is 4.43. The Hall–Kier alpha value is -2.38. The van der Waals surface area contributed by atoms with E-state index in [9.17, 15) is 24.0 Å². The Balaban J connectivity index is 2.76. The third kappa shape index (κ3) is 7.18. The number of hydrogen-bond donors (Lipinski definition) is 7. The van der Waals surface area contributed by atoms with E-state index in [-0.39, 0.29) is 18.7 Å². The van der Waals surface area contributed by atoms with Gasteiger partial charge in [-0.25, -0.2) is 4.79 Å². The number of amides is 3. The van der Waals surface area contributed by atoms with Gasteiger partial charge in [-0.15, -0.1) is 0 Å². The van der Waals surface area contributed by atoms with Crippen LogP contribution in [0.4, 0.5) is 0 Å². The lowest BCUT2D eigenvalue weighted by molar-refractivity contribution is -0.144. The van der Waals surface area contributed by atoms with Gasteiger partial charge in [0.25, 0.3) is 0 Å². The van der Waals surface area contributed by atoms with Crippen LogP contribution >= 0.6 is 12.6 Å². The molecule has 1 heterocycles. The molecule has 12 nitrogen and oxygen atoms in total. The van der Waals surface area contributed by atoms with Crippen LogP contribution < -0.4 is 16.4 Å². The number of rotatable bonds is 11. The largest absolute Gasteiger partial charge is 0.481 e. The molecule has 0 aromatic carbocycles. The van der Waals surface area contributed by atoms with Gasteiger partial charge in [0.2, 0.25) is 17.7 Å². The van der Waals surface area contributed by atoms with Crippen LogP contribution in [-0.2, 0) is 24.0 Å². The molecule has 1 rings (SSSR count). The maximum absolute atomic E-state index is 12.6. The summed E-state index contributed by atoms with van der Waals surface area (Å²) in [5, 5.41) is 31.4. The van der Waals surface area contributed by atoms with Gasteiger partial charge in [-0.3, -0.25) is 19.2 Å². The lowest BCUT2D eigenvalue weighted by atomic mass is 10.1. The highest BCUT2D eigenvalue weighted by Gasteiger charge is 2.37. The van der Waals surface area contributed by atoms with E-state index in [0.717, 1.165) is 0 Å². The summed E-state index contributed by atoms with van der Waals surface area (Å²) in [6, 6.07) is -4.66. The second-order valence-corrected chi connectivity index (χ2v) is 6.92. The molecule has 1 aliphatic heterocycles. The van der Waals surface area contributed by atoms with Gasteiger partial charge in [-0.05, 0) is 19.3 Å². The van der Waals surface area contributed by atoms with E-state index in [2.05, 4.69) is 23.3 Å². The van der Waals surface area contributed by atoms with Gasteiger partial charge in [0.15, 0.2) is 0 Å². The number of carbonyl (C=O) groups is 5. The molecule has 1 saturated heterocycles. The molecular formula is C16H26N4O8S. The first-order chi connectivity index (χ1) is 13.6. The number of aliphatic carboxylic acids is 2. The second-order valence-electron chi connectivity index (χ2n) is 6.55. The Morgan fingerprint density at radius 1 is 1.14 bits per heavy atom. The Morgan fingerprint density at radius 2 is 1.79 bits per heavy atom. The minimum absolute atomic E-state index is 0.153. The van der Waals surface area contributed by atoms with Crippen molar-refractivity contribution in [2.45, 2.75) is 49.9 Å². The summed E-state index contributed by atoms with van der Waals surface area (Å²) in [7, 11) is 0. The fourth-order valence-corrected chi connectivity index (χ4v) is 3.11. The van der Waals surface area contributed by atoms with Crippen molar-refractivity contribution >= 4 is 42.3 Å². The zero-order chi connectivity index (χ0) is 22.1. The molecule has 3 amide bonds. The Labute approximate surface area is 172 Å². The molecule has 4 atom stereocenters. The second kappa shape index (κ2) is 11.6. The predicted molar refractivity (Wildman–Crippen MR) is 102 cm³/mol.